The average molecular weight is 460 g/mol. The van der Waals surface area contributed by atoms with E-state index in [0.717, 1.165) is 49.4 Å². The largest absolute Gasteiger partial charge is 0.496 e. The highest BCUT2D eigenvalue weighted by molar-refractivity contribution is 14.0. The van der Waals surface area contributed by atoms with E-state index in [9.17, 15) is 4.79 Å². The van der Waals surface area contributed by atoms with Gasteiger partial charge in [0.25, 0.3) is 0 Å². The van der Waals surface area contributed by atoms with Gasteiger partial charge in [0.1, 0.15) is 5.75 Å². The fourth-order valence-electron chi connectivity index (χ4n) is 2.79. The number of aryl methyl sites for hydroxylation is 1. The average Bonchev–Trinajstić information content (AvgIpc) is 3.12. The van der Waals surface area contributed by atoms with E-state index in [1.54, 1.807) is 7.11 Å². The fourth-order valence-corrected chi connectivity index (χ4v) is 2.79. The van der Waals surface area contributed by atoms with Gasteiger partial charge in [0.15, 0.2) is 5.96 Å². The van der Waals surface area contributed by atoms with Crippen LogP contribution in [0.25, 0.3) is 0 Å². The molecule has 1 saturated heterocycles. The van der Waals surface area contributed by atoms with Gasteiger partial charge in [0.05, 0.1) is 20.2 Å². The molecule has 2 rings (SSSR count). The number of rotatable bonds is 6. The Bertz CT molecular complexity index is 586. The molecule has 140 valence electrons. The molecule has 1 aliphatic rings. The maximum atomic E-state index is 12.1. The number of methoxy groups -OCH3 is 1. The normalized spacial score (nSPS) is 14.0. The number of nitrogens with zero attached hydrogens (tertiary/aromatic N) is 2. The van der Waals surface area contributed by atoms with Crippen molar-refractivity contribution in [2.24, 2.45) is 4.99 Å². The lowest BCUT2D eigenvalue weighted by molar-refractivity contribution is -0.128. The summed E-state index contributed by atoms with van der Waals surface area (Å²) in [4.78, 5) is 18.6. The Morgan fingerprint density at radius 1 is 1.28 bits per heavy atom. The van der Waals surface area contributed by atoms with Crippen LogP contribution in [0.4, 0.5) is 0 Å². The predicted octanol–water partition coefficient (Wildman–Crippen LogP) is 2.30. The highest BCUT2D eigenvalue weighted by Gasteiger charge is 2.17. The van der Waals surface area contributed by atoms with E-state index in [2.05, 4.69) is 21.7 Å². The summed E-state index contributed by atoms with van der Waals surface area (Å²) in [6.45, 7) is 7.37. The van der Waals surface area contributed by atoms with Gasteiger partial charge in [-0.3, -0.25) is 4.79 Å². The van der Waals surface area contributed by atoms with Crippen molar-refractivity contribution < 1.29 is 9.53 Å². The molecule has 1 aromatic carbocycles. The molecular weight excluding hydrogens is 431 g/mol. The van der Waals surface area contributed by atoms with Crippen LogP contribution in [0.2, 0.25) is 0 Å². The number of ether oxygens (including phenoxy) is 1. The van der Waals surface area contributed by atoms with Crippen molar-refractivity contribution in [3.8, 4) is 5.75 Å². The van der Waals surface area contributed by atoms with E-state index in [4.69, 9.17) is 4.74 Å². The van der Waals surface area contributed by atoms with Crippen LogP contribution in [-0.2, 0) is 11.3 Å². The Morgan fingerprint density at radius 2 is 2.00 bits per heavy atom. The number of hydrogen-bond acceptors (Lipinski definition) is 3. The molecule has 7 heteroatoms. The predicted molar refractivity (Wildman–Crippen MR) is 112 cm³/mol. The van der Waals surface area contributed by atoms with Crippen molar-refractivity contribution in [2.45, 2.75) is 33.2 Å². The van der Waals surface area contributed by atoms with Crippen molar-refractivity contribution in [1.82, 2.24) is 15.5 Å². The number of carbonyl (C=O) groups is 1. The summed E-state index contributed by atoms with van der Waals surface area (Å²) < 4.78 is 5.28. The number of amides is 1. The van der Waals surface area contributed by atoms with Crippen LogP contribution in [0.1, 0.15) is 30.9 Å². The molecule has 0 saturated carbocycles. The first kappa shape index (κ1) is 21.5. The lowest BCUT2D eigenvalue weighted by atomic mass is 10.1. The summed E-state index contributed by atoms with van der Waals surface area (Å²) in [5, 5.41) is 6.31. The van der Waals surface area contributed by atoms with Gasteiger partial charge < -0.3 is 20.3 Å². The Balaban J connectivity index is 0.00000312. The Morgan fingerprint density at radius 3 is 2.60 bits per heavy atom. The van der Waals surface area contributed by atoms with Crippen LogP contribution < -0.4 is 15.4 Å². The number of guanidine groups is 1. The number of aliphatic imine (C=N–C) groups is 1. The Kier molecular flexibility index (Phi) is 9.62. The van der Waals surface area contributed by atoms with Crippen LogP contribution in [0, 0.1) is 6.92 Å². The number of likely N-dealkylation sites (tertiary alicyclic amines) is 1. The number of carbonyl (C=O) groups excluding carboxylic acids is 1. The van der Waals surface area contributed by atoms with Crippen molar-refractivity contribution in [3.05, 3.63) is 29.3 Å². The van der Waals surface area contributed by atoms with E-state index >= 15 is 0 Å². The molecule has 1 heterocycles. The Labute approximate surface area is 167 Å². The third-order valence-electron chi connectivity index (χ3n) is 4.09. The highest BCUT2D eigenvalue weighted by atomic mass is 127. The number of halogens is 1. The summed E-state index contributed by atoms with van der Waals surface area (Å²) in [6.07, 6.45) is 2.22. The van der Waals surface area contributed by atoms with Crippen LogP contribution in [0.15, 0.2) is 23.2 Å². The standard InChI is InChI=1S/C18H28N4O2.HI/c1-4-19-18(21-13-17(23)22-9-5-6-10-22)20-12-15-7-8-16(24-3)14(2)11-15;/h7-8,11H,4-6,9-10,12-13H2,1-3H3,(H2,19,20,21);1H. The summed E-state index contributed by atoms with van der Waals surface area (Å²) >= 11 is 0. The molecule has 6 nitrogen and oxygen atoms in total. The molecule has 0 aromatic heterocycles. The molecular formula is C18H29IN4O2. The molecule has 2 N–H and O–H groups in total. The van der Waals surface area contributed by atoms with E-state index < -0.39 is 0 Å². The molecule has 0 aliphatic carbocycles. The van der Waals surface area contributed by atoms with Crippen LogP contribution in [0.3, 0.4) is 0 Å². The lowest BCUT2D eigenvalue weighted by Gasteiger charge is -2.17. The zero-order valence-electron chi connectivity index (χ0n) is 15.3. The van der Waals surface area contributed by atoms with E-state index in [-0.39, 0.29) is 36.4 Å². The van der Waals surface area contributed by atoms with Crippen LogP contribution in [0.5, 0.6) is 5.75 Å². The van der Waals surface area contributed by atoms with Gasteiger partial charge in [-0.1, -0.05) is 12.1 Å². The van der Waals surface area contributed by atoms with Gasteiger partial charge in [-0.2, -0.15) is 0 Å². The minimum Gasteiger partial charge on any atom is -0.496 e. The zero-order valence-corrected chi connectivity index (χ0v) is 17.6. The molecule has 1 aliphatic heterocycles. The second kappa shape index (κ2) is 11.2. The minimum atomic E-state index is 0. The quantitative estimate of drug-likeness (QED) is 0.389. The number of nitrogens with one attached hydrogen (secondary N) is 2. The van der Waals surface area contributed by atoms with Gasteiger partial charge in [-0.05, 0) is 43.9 Å². The summed E-state index contributed by atoms with van der Waals surface area (Å²) in [5.41, 5.74) is 2.20. The molecule has 25 heavy (non-hydrogen) atoms. The maximum Gasteiger partial charge on any atom is 0.241 e. The molecule has 1 amide bonds. The smallest absolute Gasteiger partial charge is 0.241 e. The van der Waals surface area contributed by atoms with Crippen LogP contribution >= 0.6 is 24.0 Å². The molecule has 1 fully saturated rings. The van der Waals surface area contributed by atoms with Crippen LogP contribution in [-0.4, -0.2) is 50.1 Å². The van der Waals surface area contributed by atoms with Crippen molar-refractivity contribution in [1.29, 1.82) is 0 Å². The maximum absolute atomic E-state index is 12.1. The molecule has 1 aromatic rings. The Hall–Kier alpha value is -1.51. The lowest BCUT2D eigenvalue weighted by Crippen LogP contribution is -2.44. The van der Waals surface area contributed by atoms with Gasteiger partial charge in [-0.25, -0.2) is 4.99 Å². The first-order valence-electron chi connectivity index (χ1n) is 8.57. The number of benzene rings is 1. The number of hydrogen-bond donors (Lipinski definition) is 2. The monoisotopic (exact) mass is 460 g/mol. The first-order valence-corrected chi connectivity index (χ1v) is 8.57. The van der Waals surface area contributed by atoms with Gasteiger partial charge in [-0.15, -0.1) is 24.0 Å². The summed E-state index contributed by atoms with van der Waals surface area (Å²) in [5.74, 6) is 1.68. The van der Waals surface area contributed by atoms with Gasteiger partial charge in [0, 0.05) is 19.6 Å². The van der Waals surface area contributed by atoms with Crippen molar-refractivity contribution in [3.63, 3.8) is 0 Å². The second-order valence-electron chi connectivity index (χ2n) is 5.94. The second-order valence-corrected chi connectivity index (χ2v) is 5.94. The molecule has 0 spiro atoms. The molecule has 0 bridgehead atoms. The molecule has 0 radical (unpaired) electrons. The summed E-state index contributed by atoms with van der Waals surface area (Å²) in [6, 6.07) is 6.03. The van der Waals surface area contributed by atoms with E-state index in [1.165, 1.54) is 0 Å². The SMILES string of the molecule is CCNC(=NCc1ccc(OC)c(C)c1)NCC(=O)N1CCCC1.I. The molecule has 0 unspecified atom stereocenters. The molecule has 0 atom stereocenters. The highest BCUT2D eigenvalue weighted by Crippen LogP contribution is 2.18. The minimum absolute atomic E-state index is 0. The fraction of sp³-hybridized carbons (Fsp3) is 0.556. The topological polar surface area (TPSA) is 66.0 Å². The van der Waals surface area contributed by atoms with Crippen molar-refractivity contribution in [2.75, 3.05) is 33.3 Å². The van der Waals surface area contributed by atoms with E-state index in [0.29, 0.717) is 12.5 Å². The van der Waals surface area contributed by atoms with E-state index in [1.807, 2.05) is 30.9 Å². The zero-order chi connectivity index (χ0) is 17.4. The summed E-state index contributed by atoms with van der Waals surface area (Å²) in [7, 11) is 1.67. The van der Waals surface area contributed by atoms with Gasteiger partial charge in [0.2, 0.25) is 5.91 Å². The first-order chi connectivity index (χ1) is 11.6. The third-order valence-corrected chi connectivity index (χ3v) is 4.09. The van der Waals surface area contributed by atoms with Crippen molar-refractivity contribution >= 4 is 35.8 Å². The van der Waals surface area contributed by atoms with Gasteiger partial charge >= 0.3 is 0 Å². The third kappa shape index (κ3) is 6.72.